The number of nitrogens with one attached hydrogen (secondary N) is 1. The van der Waals surface area contributed by atoms with Crippen LogP contribution in [0, 0.1) is 11.7 Å². The molecule has 0 saturated heterocycles. The number of allylic oxidation sites excluding steroid dienone is 1. The van der Waals surface area contributed by atoms with Gasteiger partial charge in [0.15, 0.2) is 0 Å². The molecule has 0 spiro atoms. The van der Waals surface area contributed by atoms with Crippen LogP contribution in [0.25, 0.3) is 6.08 Å². The summed E-state index contributed by atoms with van der Waals surface area (Å²) >= 11 is 0. The molecule has 6 nitrogen and oxygen atoms in total. The maximum Gasteiger partial charge on any atom is 0.257 e. The van der Waals surface area contributed by atoms with Gasteiger partial charge in [0.05, 0.1) is 11.1 Å². The Balaban J connectivity index is 2.22. The van der Waals surface area contributed by atoms with Gasteiger partial charge < -0.3 is 4.90 Å². The number of rotatable bonds is 9. The van der Waals surface area contributed by atoms with Crippen LogP contribution < -0.4 is 9.62 Å². The third-order valence-corrected chi connectivity index (χ3v) is 5.20. The summed E-state index contributed by atoms with van der Waals surface area (Å²) in [5.74, 6) is -3.72. The molecule has 158 valence electrons. The van der Waals surface area contributed by atoms with Crippen molar-refractivity contribution in [3.05, 3.63) is 84.0 Å². The maximum absolute atomic E-state index is 14.2. The van der Waals surface area contributed by atoms with Crippen molar-refractivity contribution in [2.75, 3.05) is 11.4 Å². The molecular formula is C22H23FN2O4S. The first-order valence-electron chi connectivity index (χ1n) is 9.25. The molecule has 2 aromatic carbocycles. The molecule has 0 saturated carbocycles. The summed E-state index contributed by atoms with van der Waals surface area (Å²) in [4.78, 5) is 26.7. The zero-order valence-electron chi connectivity index (χ0n) is 16.5. The quantitative estimate of drug-likeness (QED) is 0.488. The van der Waals surface area contributed by atoms with Gasteiger partial charge >= 0.3 is 0 Å². The van der Waals surface area contributed by atoms with E-state index in [0.717, 1.165) is 10.3 Å². The lowest BCUT2D eigenvalue weighted by molar-refractivity contribution is -0.132. The van der Waals surface area contributed by atoms with Gasteiger partial charge in [0.1, 0.15) is 11.7 Å². The van der Waals surface area contributed by atoms with E-state index in [9.17, 15) is 22.4 Å². The highest BCUT2D eigenvalue weighted by Gasteiger charge is 2.32. The fourth-order valence-corrected chi connectivity index (χ4v) is 3.59. The van der Waals surface area contributed by atoms with E-state index >= 15 is 0 Å². The molecule has 2 amide bonds. The van der Waals surface area contributed by atoms with Gasteiger partial charge in [-0.2, -0.15) is 0 Å². The van der Waals surface area contributed by atoms with Crippen LogP contribution in [0.4, 0.5) is 10.1 Å². The van der Waals surface area contributed by atoms with E-state index in [1.165, 1.54) is 30.4 Å². The van der Waals surface area contributed by atoms with Crippen molar-refractivity contribution in [1.29, 1.82) is 0 Å². The van der Waals surface area contributed by atoms with Gasteiger partial charge in [0.2, 0.25) is 11.8 Å². The average molecular weight is 431 g/mol. The van der Waals surface area contributed by atoms with Crippen LogP contribution in [-0.4, -0.2) is 26.8 Å². The first-order valence-corrected chi connectivity index (χ1v) is 10.8. The predicted molar refractivity (Wildman–Crippen MR) is 115 cm³/mol. The van der Waals surface area contributed by atoms with Crippen molar-refractivity contribution in [1.82, 2.24) is 4.72 Å². The number of anilines is 1. The van der Waals surface area contributed by atoms with Crippen LogP contribution in [0.2, 0.25) is 0 Å². The van der Waals surface area contributed by atoms with E-state index < -0.39 is 33.6 Å². The van der Waals surface area contributed by atoms with Crippen LogP contribution >= 0.6 is 0 Å². The van der Waals surface area contributed by atoms with Crippen molar-refractivity contribution in [3.63, 3.8) is 0 Å². The Morgan fingerprint density at radius 2 is 1.77 bits per heavy atom. The second-order valence-corrected chi connectivity index (χ2v) is 7.90. The largest absolute Gasteiger partial charge is 0.309 e. The standard InChI is InChI=1S/C22H23FN2O4S/c1-3-10-18(22(27)25(4-2)20-14-9-8-13-19(20)23)21(26)24-30(28,29)16-15-17-11-6-5-7-12-17/h3,5-9,11-16,18H,1,4,10H2,2H3,(H,24,26)/b16-15+. The van der Waals surface area contributed by atoms with E-state index in [4.69, 9.17) is 0 Å². The number of amides is 2. The smallest absolute Gasteiger partial charge is 0.257 e. The van der Waals surface area contributed by atoms with Crippen molar-refractivity contribution < 1.29 is 22.4 Å². The minimum Gasteiger partial charge on any atom is -0.309 e. The second kappa shape index (κ2) is 10.5. The number of hydrogen-bond donors (Lipinski definition) is 1. The summed E-state index contributed by atoms with van der Waals surface area (Å²) < 4.78 is 40.6. The summed E-state index contributed by atoms with van der Waals surface area (Å²) in [6.07, 6.45) is 2.56. The molecule has 0 aliphatic heterocycles. The maximum atomic E-state index is 14.2. The molecule has 0 heterocycles. The molecule has 2 rings (SSSR count). The van der Waals surface area contributed by atoms with Gasteiger partial charge in [-0.25, -0.2) is 17.5 Å². The van der Waals surface area contributed by atoms with Gasteiger partial charge in [0.25, 0.3) is 10.0 Å². The number of para-hydroxylation sites is 1. The van der Waals surface area contributed by atoms with Crippen LogP contribution in [0.3, 0.4) is 0 Å². The van der Waals surface area contributed by atoms with Gasteiger partial charge in [-0.1, -0.05) is 48.5 Å². The van der Waals surface area contributed by atoms with Crippen molar-refractivity contribution in [2.45, 2.75) is 13.3 Å². The molecule has 1 unspecified atom stereocenters. The second-order valence-electron chi connectivity index (χ2n) is 6.34. The Labute approximate surface area is 175 Å². The SMILES string of the molecule is C=CCC(C(=O)NS(=O)(=O)/C=C/c1ccccc1)C(=O)N(CC)c1ccccc1F. The van der Waals surface area contributed by atoms with Gasteiger partial charge in [-0.05, 0) is 37.1 Å². The Morgan fingerprint density at radius 1 is 1.13 bits per heavy atom. The number of nitrogens with zero attached hydrogens (tertiary/aromatic N) is 1. The Hall–Kier alpha value is -3.26. The van der Waals surface area contributed by atoms with E-state index in [1.807, 2.05) is 4.72 Å². The molecular weight excluding hydrogens is 407 g/mol. The number of benzene rings is 2. The predicted octanol–water partition coefficient (Wildman–Crippen LogP) is 3.49. The van der Waals surface area contributed by atoms with Crippen molar-refractivity contribution in [3.8, 4) is 0 Å². The number of halogens is 1. The minimum atomic E-state index is -4.14. The molecule has 8 heteroatoms. The normalized spacial score (nSPS) is 12.3. The Morgan fingerprint density at radius 3 is 2.37 bits per heavy atom. The van der Waals surface area contributed by atoms with Gasteiger partial charge in [-0.3, -0.25) is 9.59 Å². The zero-order chi connectivity index (χ0) is 22.1. The Kier molecular flexibility index (Phi) is 8.06. The minimum absolute atomic E-state index is 0.0127. The highest BCUT2D eigenvalue weighted by Crippen LogP contribution is 2.22. The van der Waals surface area contributed by atoms with Gasteiger partial charge in [-0.15, -0.1) is 6.58 Å². The van der Waals surface area contributed by atoms with Crippen molar-refractivity contribution >= 4 is 33.6 Å². The van der Waals surface area contributed by atoms with Gasteiger partial charge in [0, 0.05) is 6.54 Å². The topological polar surface area (TPSA) is 83.5 Å². The highest BCUT2D eigenvalue weighted by molar-refractivity contribution is 7.93. The summed E-state index contributed by atoms with van der Waals surface area (Å²) in [6, 6.07) is 14.3. The summed E-state index contributed by atoms with van der Waals surface area (Å²) in [5.41, 5.74) is 0.643. The van der Waals surface area contributed by atoms with E-state index in [1.54, 1.807) is 43.3 Å². The molecule has 0 aliphatic carbocycles. The lowest BCUT2D eigenvalue weighted by atomic mass is 10.0. The molecule has 2 aromatic rings. The first-order chi connectivity index (χ1) is 14.3. The highest BCUT2D eigenvalue weighted by atomic mass is 32.2. The van der Waals surface area contributed by atoms with E-state index in [-0.39, 0.29) is 18.7 Å². The molecule has 0 radical (unpaired) electrons. The lowest BCUT2D eigenvalue weighted by Gasteiger charge is -2.25. The third-order valence-electron chi connectivity index (χ3n) is 4.22. The number of carbonyl (C=O) groups excluding carboxylic acids is 2. The lowest BCUT2D eigenvalue weighted by Crippen LogP contribution is -2.45. The summed E-state index contributed by atoms with van der Waals surface area (Å²) in [6.45, 7) is 5.26. The van der Waals surface area contributed by atoms with Crippen LogP contribution in [0.1, 0.15) is 18.9 Å². The first kappa shape index (κ1) is 23.0. The molecule has 0 aliphatic rings. The number of sulfonamides is 1. The monoisotopic (exact) mass is 430 g/mol. The fourth-order valence-electron chi connectivity index (χ4n) is 2.77. The molecule has 0 aromatic heterocycles. The third kappa shape index (κ3) is 6.12. The molecule has 30 heavy (non-hydrogen) atoms. The number of carbonyl (C=O) groups is 2. The van der Waals surface area contributed by atoms with Crippen molar-refractivity contribution in [2.24, 2.45) is 5.92 Å². The van der Waals surface area contributed by atoms with Crippen LogP contribution in [-0.2, 0) is 19.6 Å². The summed E-state index contributed by atoms with van der Waals surface area (Å²) in [7, 11) is -4.14. The van der Waals surface area contributed by atoms with Crippen LogP contribution in [0.15, 0.2) is 72.7 Å². The molecule has 1 N–H and O–H groups in total. The Bertz CT molecular complexity index is 1040. The van der Waals surface area contributed by atoms with Crippen LogP contribution in [0.5, 0.6) is 0 Å². The molecule has 1 atom stereocenters. The number of hydrogen-bond acceptors (Lipinski definition) is 4. The average Bonchev–Trinajstić information content (AvgIpc) is 2.72. The zero-order valence-corrected chi connectivity index (χ0v) is 17.3. The molecule has 0 fully saturated rings. The fraction of sp³-hybridized carbons (Fsp3) is 0.182. The van der Waals surface area contributed by atoms with E-state index in [0.29, 0.717) is 5.56 Å². The van der Waals surface area contributed by atoms with E-state index in [2.05, 4.69) is 6.58 Å². The molecule has 0 bridgehead atoms. The summed E-state index contributed by atoms with van der Waals surface area (Å²) in [5, 5.41) is 0.851.